The highest BCUT2D eigenvalue weighted by molar-refractivity contribution is 5.95. The van der Waals surface area contributed by atoms with E-state index < -0.39 is 5.97 Å². The van der Waals surface area contributed by atoms with Gasteiger partial charge in [0.1, 0.15) is 5.75 Å². The molecular formula is C28H30N4O4. The lowest BCUT2D eigenvalue weighted by molar-refractivity contribution is 0.0600. The molecule has 0 atom stereocenters. The Morgan fingerprint density at radius 3 is 2.22 bits per heavy atom. The number of hydrogen-bond donors (Lipinski definition) is 1. The molecule has 0 saturated carbocycles. The lowest BCUT2D eigenvalue weighted by Crippen LogP contribution is -2.46. The number of hydrogen-bond acceptors (Lipinski definition) is 7. The van der Waals surface area contributed by atoms with Gasteiger partial charge in [-0.05, 0) is 47.5 Å². The molecule has 0 radical (unpaired) electrons. The summed E-state index contributed by atoms with van der Waals surface area (Å²) in [6, 6.07) is 22.5. The first kappa shape index (κ1) is 24.9. The molecule has 1 fully saturated rings. The summed E-state index contributed by atoms with van der Waals surface area (Å²) in [6.07, 6.45) is 1.53. The number of anilines is 1. The van der Waals surface area contributed by atoms with Gasteiger partial charge in [0.15, 0.2) is 0 Å². The van der Waals surface area contributed by atoms with Gasteiger partial charge >= 0.3 is 5.97 Å². The first-order valence-corrected chi connectivity index (χ1v) is 11.8. The van der Waals surface area contributed by atoms with Crippen LogP contribution in [0.2, 0.25) is 0 Å². The number of nitrogens with zero attached hydrogens (tertiary/aromatic N) is 3. The van der Waals surface area contributed by atoms with Gasteiger partial charge in [0, 0.05) is 38.3 Å². The molecule has 1 heterocycles. The van der Waals surface area contributed by atoms with Crippen molar-refractivity contribution in [2.75, 3.05) is 45.3 Å². The van der Waals surface area contributed by atoms with Gasteiger partial charge in [-0.15, -0.1) is 0 Å². The van der Waals surface area contributed by atoms with E-state index in [4.69, 9.17) is 4.74 Å². The molecule has 186 valence electrons. The molecule has 0 bridgehead atoms. The number of ether oxygens (including phenoxy) is 2. The molecular weight excluding hydrogens is 456 g/mol. The van der Waals surface area contributed by atoms with Gasteiger partial charge in [0.05, 0.1) is 31.7 Å². The second kappa shape index (κ2) is 12.0. The van der Waals surface area contributed by atoms with Gasteiger partial charge in [-0.25, -0.2) is 10.2 Å². The van der Waals surface area contributed by atoms with E-state index in [1.807, 2.05) is 42.5 Å². The SMILES string of the molecule is COC(=O)c1ccc(/C=N\NC(=O)c2ccc(CN3CCN(c4ccccc4OC)CC3)cc2)cc1. The molecule has 8 nitrogen and oxygen atoms in total. The van der Waals surface area contributed by atoms with Gasteiger partial charge in [0.25, 0.3) is 5.91 Å². The quantitative estimate of drug-likeness (QED) is 0.298. The largest absolute Gasteiger partial charge is 0.495 e. The number of methoxy groups -OCH3 is 2. The van der Waals surface area contributed by atoms with Crippen molar-refractivity contribution in [3.8, 4) is 5.75 Å². The topological polar surface area (TPSA) is 83.5 Å². The van der Waals surface area contributed by atoms with E-state index in [2.05, 4.69) is 31.1 Å². The summed E-state index contributed by atoms with van der Waals surface area (Å²) in [5.74, 6) is 0.223. The number of carbonyl (C=O) groups is 2. The smallest absolute Gasteiger partial charge is 0.337 e. The van der Waals surface area contributed by atoms with Crippen LogP contribution in [-0.4, -0.2) is 63.4 Å². The summed E-state index contributed by atoms with van der Waals surface area (Å²) in [6.45, 7) is 4.61. The summed E-state index contributed by atoms with van der Waals surface area (Å²) in [7, 11) is 3.04. The minimum absolute atomic E-state index is 0.283. The normalized spacial score (nSPS) is 14.0. The average Bonchev–Trinajstić information content (AvgIpc) is 2.93. The zero-order valence-electron chi connectivity index (χ0n) is 20.5. The van der Waals surface area contributed by atoms with E-state index in [-0.39, 0.29) is 5.91 Å². The molecule has 36 heavy (non-hydrogen) atoms. The van der Waals surface area contributed by atoms with Crippen molar-refractivity contribution in [1.82, 2.24) is 10.3 Å². The van der Waals surface area contributed by atoms with E-state index in [1.54, 1.807) is 31.4 Å². The number of esters is 1. The van der Waals surface area contributed by atoms with Crippen molar-refractivity contribution >= 4 is 23.8 Å². The van der Waals surface area contributed by atoms with E-state index in [1.165, 1.54) is 13.3 Å². The fraction of sp³-hybridized carbons (Fsp3) is 0.250. The Hall–Kier alpha value is -4.17. The molecule has 1 amide bonds. The van der Waals surface area contributed by atoms with Crippen molar-refractivity contribution in [3.05, 3.63) is 95.1 Å². The first-order valence-electron chi connectivity index (χ1n) is 11.8. The van der Waals surface area contributed by atoms with E-state index >= 15 is 0 Å². The van der Waals surface area contributed by atoms with Crippen LogP contribution < -0.4 is 15.1 Å². The van der Waals surface area contributed by atoms with E-state index in [0.29, 0.717) is 11.1 Å². The van der Waals surface area contributed by atoms with Crippen molar-refractivity contribution < 1.29 is 19.1 Å². The monoisotopic (exact) mass is 486 g/mol. The van der Waals surface area contributed by atoms with Crippen LogP contribution in [0.5, 0.6) is 5.75 Å². The Kier molecular flexibility index (Phi) is 8.31. The lowest BCUT2D eigenvalue weighted by atomic mass is 10.1. The molecule has 3 aromatic carbocycles. The van der Waals surface area contributed by atoms with Gasteiger partial charge in [-0.3, -0.25) is 9.69 Å². The number of amides is 1. The van der Waals surface area contributed by atoms with Crippen LogP contribution in [0.1, 0.15) is 31.8 Å². The molecule has 1 aliphatic heterocycles. The lowest BCUT2D eigenvalue weighted by Gasteiger charge is -2.36. The number of carbonyl (C=O) groups excluding carboxylic acids is 2. The first-order chi connectivity index (χ1) is 17.6. The van der Waals surface area contributed by atoms with Gasteiger partial charge < -0.3 is 14.4 Å². The number of benzene rings is 3. The molecule has 0 aromatic heterocycles. The Bertz CT molecular complexity index is 1200. The third-order valence-corrected chi connectivity index (χ3v) is 6.13. The van der Waals surface area contributed by atoms with Crippen LogP contribution in [0.25, 0.3) is 0 Å². The summed E-state index contributed by atoms with van der Waals surface area (Å²) < 4.78 is 10.2. The molecule has 4 rings (SSSR count). The van der Waals surface area contributed by atoms with Crippen molar-refractivity contribution in [1.29, 1.82) is 0 Å². The minimum Gasteiger partial charge on any atom is -0.495 e. The van der Waals surface area contributed by atoms with Crippen LogP contribution in [-0.2, 0) is 11.3 Å². The van der Waals surface area contributed by atoms with Gasteiger partial charge in [-0.2, -0.15) is 5.10 Å². The number of nitrogens with one attached hydrogen (secondary N) is 1. The fourth-order valence-corrected chi connectivity index (χ4v) is 4.11. The van der Waals surface area contributed by atoms with Gasteiger partial charge in [-0.1, -0.05) is 36.4 Å². The Morgan fingerprint density at radius 1 is 0.889 bits per heavy atom. The van der Waals surface area contributed by atoms with Crippen molar-refractivity contribution in [2.24, 2.45) is 5.10 Å². The molecule has 8 heteroatoms. The summed E-state index contributed by atoms with van der Waals surface area (Å²) >= 11 is 0. The molecule has 1 saturated heterocycles. The zero-order valence-corrected chi connectivity index (χ0v) is 20.5. The van der Waals surface area contributed by atoms with E-state index in [9.17, 15) is 9.59 Å². The van der Waals surface area contributed by atoms with Crippen LogP contribution in [0.4, 0.5) is 5.69 Å². The summed E-state index contributed by atoms with van der Waals surface area (Å²) in [4.78, 5) is 28.7. The fourth-order valence-electron chi connectivity index (χ4n) is 4.11. The molecule has 0 unspecified atom stereocenters. The summed E-state index contributed by atoms with van der Waals surface area (Å²) in [5, 5.41) is 4.01. The Balaban J connectivity index is 1.25. The predicted molar refractivity (Wildman–Crippen MR) is 140 cm³/mol. The number of para-hydroxylation sites is 2. The minimum atomic E-state index is -0.398. The Labute approximate surface area is 211 Å². The van der Waals surface area contributed by atoms with Crippen molar-refractivity contribution in [3.63, 3.8) is 0 Å². The third-order valence-electron chi connectivity index (χ3n) is 6.13. The molecule has 3 aromatic rings. The van der Waals surface area contributed by atoms with Crippen LogP contribution in [0.3, 0.4) is 0 Å². The van der Waals surface area contributed by atoms with E-state index in [0.717, 1.165) is 55.3 Å². The molecule has 0 spiro atoms. The van der Waals surface area contributed by atoms with Crippen LogP contribution >= 0.6 is 0 Å². The molecule has 1 N–H and O–H groups in total. The maximum Gasteiger partial charge on any atom is 0.337 e. The highest BCUT2D eigenvalue weighted by atomic mass is 16.5. The van der Waals surface area contributed by atoms with Crippen molar-refractivity contribution in [2.45, 2.75) is 6.54 Å². The third kappa shape index (κ3) is 6.28. The molecule has 1 aliphatic rings. The number of rotatable bonds is 8. The maximum absolute atomic E-state index is 12.4. The molecule has 0 aliphatic carbocycles. The maximum atomic E-state index is 12.4. The highest BCUT2D eigenvalue weighted by Crippen LogP contribution is 2.28. The highest BCUT2D eigenvalue weighted by Gasteiger charge is 2.19. The standard InChI is InChI=1S/C28H30N4O4/c1-35-26-6-4-3-5-25(26)32-17-15-31(16-18-32)20-22-9-11-23(12-10-22)27(33)30-29-19-21-7-13-24(14-8-21)28(34)36-2/h3-14,19H,15-18,20H2,1-2H3,(H,30,33)/b29-19-. The number of hydrazone groups is 1. The predicted octanol–water partition coefficient (Wildman–Crippen LogP) is 3.57. The van der Waals surface area contributed by atoms with Gasteiger partial charge in [0.2, 0.25) is 0 Å². The van der Waals surface area contributed by atoms with Crippen LogP contribution in [0, 0.1) is 0 Å². The second-order valence-electron chi connectivity index (χ2n) is 8.44. The van der Waals surface area contributed by atoms with Crippen LogP contribution in [0.15, 0.2) is 77.9 Å². The second-order valence-corrected chi connectivity index (χ2v) is 8.44. The average molecular weight is 487 g/mol. The number of piperazine rings is 1. The zero-order chi connectivity index (χ0) is 25.3. The summed E-state index contributed by atoms with van der Waals surface area (Å²) in [5.41, 5.74) is 6.58. The Morgan fingerprint density at radius 2 is 1.56 bits per heavy atom.